The number of rotatable bonds is 6. The minimum absolute atomic E-state index is 0.0122. The fourth-order valence-corrected chi connectivity index (χ4v) is 3.11. The number of hydrogen-bond acceptors (Lipinski definition) is 2. The van der Waals surface area contributed by atoms with Gasteiger partial charge >= 0.3 is 0 Å². The SMILES string of the molecule is CCCC(C)(C)NS(=O)(=O)CCCl. The van der Waals surface area contributed by atoms with E-state index >= 15 is 0 Å². The van der Waals surface area contributed by atoms with Crippen LogP contribution in [0.1, 0.15) is 33.6 Å². The molecule has 0 unspecified atom stereocenters. The molecule has 0 aromatic carbocycles. The molecule has 0 heterocycles. The number of nitrogens with one attached hydrogen (secondary N) is 1. The average molecular weight is 228 g/mol. The van der Waals surface area contributed by atoms with Gasteiger partial charge in [-0.3, -0.25) is 0 Å². The van der Waals surface area contributed by atoms with E-state index in [9.17, 15) is 8.42 Å². The highest BCUT2D eigenvalue weighted by Crippen LogP contribution is 2.12. The Morgan fingerprint density at radius 1 is 1.38 bits per heavy atom. The van der Waals surface area contributed by atoms with Gasteiger partial charge in [-0.05, 0) is 20.3 Å². The van der Waals surface area contributed by atoms with Crippen LogP contribution < -0.4 is 4.72 Å². The van der Waals surface area contributed by atoms with Gasteiger partial charge in [-0.15, -0.1) is 11.6 Å². The molecular formula is C8H18ClNO2S. The quantitative estimate of drug-likeness (QED) is 0.703. The van der Waals surface area contributed by atoms with E-state index in [1.165, 1.54) is 0 Å². The molecular weight excluding hydrogens is 210 g/mol. The Morgan fingerprint density at radius 2 is 1.92 bits per heavy atom. The molecule has 0 radical (unpaired) electrons. The predicted octanol–water partition coefficient (Wildman–Crippen LogP) is 1.72. The van der Waals surface area contributed by atoms with Gasteiger partial charge < -0.3 is 0 Å². The zero-order valence-corrected chi connectivity index (χ0v) is 10.0. The molecule has 0 spiro atoms. The van der Waals surface area contributed by atoms with E-state index in [4.69, 9.17) is 11.6 Å². The molecule has 0 atom stereocenters. The first-order valence-electron chi connectivity index (χ1n) is 4.40. The highest BCUT2D eigenvalue weighted by atomic mass is 35.5. The molecule has 0 aromatic heterocycles. The third kappa shape index (κ3) is 6.29. The van der Waals surface area contributed by atoms with E-state index in [0.717, 1.165) is 12.8 Å². The Morgan fingerprint density at radius 3 is 2.31 bits per heavy atom. The van der Waals surface area contributed by atoms with Crippen molar-refractivity contribution in [3.05, 3.63) is 0 Å². The number of halogens is 1. The van der Waals surface area contributed by atoms with E-state index < -0.39 is 10.0 Å². The summed E-state index contributed by atoms with van der Waals surface area (Å²) in [5.41, 5.74) is -0.361. The van der Waals surface area contributed by atoms with E-state index in [-0.39, 0.29) is 17.2 Å². The smallest absolute Gasteiger partial charge is 0.212 e. The first-order valence-corrected chi connectivity index (χ1v) is 6.59. The third-order valence-corrected chi connectivity index (χ3v) is 3.67. The Labute approximate surface area is 85.9 Å². The summed E-state index contributed by atoms with van der Waals surface area (Å²) < 4.78 is 25.3. The maximum Gasteiger partial charge on any atom is 0.213 e. The van der Waals surface area contributed by atoms with Crippen molar-refractivity contribution in [3.63, 3.8) is 0 Å². The van der Waals surface area contributed by atoms with Crippen LogP contribution >= 0.6 is 11.6 Å². The van der Waals surface area contributed by atoms with E-state index in [0.29, 0.717) is 0 Å². The van der Waals surface area contributed by atoms with Crippen LogP contribution in [0.15, 0.2) is 0 Å². The van der Waals surface area contributed by atoms with Crippen molar-refractivity contribution in [2.24, 2.45) is 0 Å². The van der Waals surface area contributed by atoms with Crippen molar-refractivity contribution < 1.29 is 8.42 Å². The Kier molecular flexibility index (Phi) is 5.25. The Balaban J connectivity index is 4.25. The lowest BCUT2D eigenvalue weighted by molar-refractivity contribution is 0.418. The van der Waals surface area contributed by atoms with Crippen molar-refractivity contribution in [2.45, 2.75) is 39.2 Å². The fourth-order valence-electron chi connectivity index (χ4n) is 1.25. The zero-order chi connectivity index (χ0) is 10.5. The molecule has 0 rings (SSSR count). The predicted molar refractivity (Wildman–Crippen MR) is 56.6 cm³/mol. The lowest BCUT2D eigenvalue weighted by Crippen LogP contribution is -2.44. The van der Waals surface area contributed by atoms with Gasteiger partial charge in [0, 0.05) is 11.4 Å². The van der Waals surface area contributed by atoms with E-state index in [1.54, 1.807) is 0 Å². The molecule has 0 aromatic rings. The van der Waals surface area contributed by atoms with Gasteiger partial charge in [0.2, 0.25) is 10.0 Å². The summed E-state index contributed by atoms with van der Waals surface area (Å²) in [4.78, 5) is 0. The Bertz CT molecular complexity index is 237. The van der Waals surface area contributed by atoms with Gasteiger partial charge in [-0.2, -0.15) is 0 Å². The maximum atomic E-state index is 11.3. The van der Waals surface area contributed by atoms with Gasteiger partial charge in [0.05, 0.1) is 5.75 Å². The molecule has 0 aliphatic rings. The van der Waals surface area contributed by atoms with Gasteiger partial charge in [0.25, 0.3) is 0 Å². The van der Waals surface area contributed by atoms with Crippen molar-refractivity contribution >= 4 is 21.6 Å². The van der Waals surface area contributed by atoms with Crippen LogP contribution in [0, 0.1) is 0 Å². The summed E-state index contributed by atoms with van der Waals surface area (Å²) in [5, 5.41) is 0. The van der Waals surface area contributed by atoms with Crippen LogP contribution in [0.2, 0.25) is 0 Å². The maximum absolute atomic E-state index is 11.3. The number of alkyl halides is 1. The van der Waals surface area contributed by atoms with Crippen LogP contribution in [0.4, 0.5) is 0 Å². The Hall–Kier alpha value is 0.200. The van der Waals surface area contributed by atoms with Gasteiger partial charge in [-0.1, -0.05) is 13.3 Å². The van der Waals surface area contributed by atoms with Crippen LogP contribution in [-0.2, 0) is 10.0 Å². The first-order chi connectivity index (χ1) is 5.83. The van der Waals surface area contributed by atoms with Crippen molar-refractivity contribution in [3.8, 4) is 0 Å². The molecule has 1 N–H and O–H groups in total. The molecule has 5 heteroatoms. The summed E-state index contributed by atoms with van der Waals surface area (Å²) in [6.45, 7) is 5.78. The number of sulfonamides is 1. The average Bonchev–Trinajstić information content (AvgIpc) is 1.82. The molecule has 0 saturated heterocycles. The minimum Gasteiger partial charge on any atom is -0.212 e. The molecule has 0 aliphatic carbocycles. The summed E-state index contributed by atoms with van der Waals surface area (Å²) in [5.74, 6) is 0.124. The molecule has 3 nitrogen and oxygen atoms in total. The summed E-state index contributed by atoms with van der Waals surface area (Å²) in [6, 6.07) is 0. The lowest BCUT2D eigenvalue weighted by atomic mass is 10.0. The largest absolute Gasteiger partial charge is 0.213 e. The first kappa shape index (κ1) is 13.2. The zero-order valence-electron chi connectivity index (χ0n) is 8.43. The standard InChI is InChI=1S/C8H18ClNO2S/c1-4-5-8(2,3)10-13(11,12)7-6-9/h10H,4-7H2,1-3H3. The summed E-state index contributed by atoms with van der Waals surface area (Å²) in [7, 11) is -3.19. The van der Waals surface area contributed by atoms with Crippen molar-refractivity contribution in [1.82, 2.24) is 4.72 Å². The lowest BCUT2D eigenvalue weighted by Gasteiger charge is -2.25. The number of hydrogen-bond donors (Lipinski definition) is 1. The molecule has 0 bridgehead atoms. The second-order valence-corrected chi connectivity index (χ2v) is 5.96. The fraction of sp³-hybridized carbons (Fsp3) is 1.00. The molecule has 13 heavy (non-hydrogen) atoms. The van der Waals surface area contributed by atoms with Gasteiger partial charge in [0.1, 0.15) is 0 Å². The molecule has 0 amide bonds. The van der Waals surface area contributed by atoms with Crippen LogP contribution in [0.5, 0.6) is 0 Å². The molecule has 0 saturated carbocycles. The van der Waals surface area contributed by atoms with Gasteiger partial charge in [-0.25, -0.2) is 13.1 Å². The summed E-state index contributed by atoms with van der Waals surface area (Å²) >= 11 is 5.37. The monoisotopic (exact) mass is 227 g/mol. The van der Waals surface area contributed by atoms with E-state index in [2.05, 4.69) is 4.72 Å². The normalized spacial score (nSPS) is 13.2. The molecule has 80 valence electrons. The molecule has 0 fully saturated rings. The van der Waals surface area contributed by atoms with E-state index in [1.807, 2.05) is 20.8 Å². The van der Waals surface area contributed by atoms with Crippen molar-refractivity contribution in [1.29, 1.82) is 0 Å². The van der Waals surface area contributed by atoms with Crippen molar-refractivity contribution in [2.75, 3.05) is 11.6 Å². The highest BCUT2D eigenvalue weighted by Gasteiger charge is 2.22. The molecule has 0 aliphatic heterocycles. The van der Waals surface area contributed by atoms with Crippen LogP contribution in [0.3, 0.4) is 0 Å². The third-order valence-electron chi connectivity index (χ3n) is 1.65. The van der Waals surface area contributed by atoms with Crippen LogP contribution in [0.25, 0.3) is 0 Å². The summed E-state index contributed by atoms with van der Waals surface area (Å²) in [6.07, 6.45) is 1.78. The topological polar surface area (TPSA) is 46.2 Å². The second kappa shape index (κ2) is 5.17. The minimum atomic E-state index is -3.19. The van der Waals surface area contributed by atoms with Crippen LogP contribution in [-0.4, -0.2) is 25.6 Å². The van der Waals surface area contributed by atoms with Gasteiger partial charge in [0.15, 0.2) is 0 Å². The second-order valence-electron chi connectivity index (χ2n) is 3.74. The highest BCUT2D eigenvalue weighted by molar-refractivity contribution is 7.89.